The highest BCUT2D eigenvalue weighted by Gasteiger charge is 2.18. The Morgan fingerprint density at radius 3 is 2.75 bits per heavy atom. The van der Waals surface area contributed by atoms with Crippen molar-refractivity contribution in [3.8, 4) is 5.75 Å². The number of benzene rings is 2. The molecule has 0 saturated heterocycles. The highest BCUT2D eigenvalue weighted by Crippen LogP contribution is 2.30. The molecule has 2 aromatic heterocycles. The van der Waals surface area contributed by atoms with Gasteiger partial charge in [0.25, 0.3) is 0 Å². The predicted molar refractivity (Wildman–Crippen MR) is 81.0 cm³/mol. The maximum atomic E-state index is 5.45. The van der Waals surface area contributed by atoms with Crippen molar-refractivity contribution in [2.24, 2.45) is 7.05 Å². The molecule has 0 spiro atoms. The summed E-state index contributed by atoms with van der Waals surface area (Å²) >= 11 is 0. The quantitative estimate of drug-likeness (QED) is 0.524. The fourth-order valence-electron chi connectivity index (χ4n) is 3.02. The smallest absolute Gasteiger partial charge is 0.238 e. The number of aromatic nitrogens is 2. The number of aromatic amines is 1. The van der Waals surface area contributed by atoms with Gasteiger partial charge in [0, 0.05) is 11.5 Å². The van der Waals surface area contributed by atoms with Crippen LogP contribution in [0, 0.1) is 0 Å². The SMILES string of the molecule is COc1cccc2c1[nH]c1cc3ccccc3[n+](C)c12. The van der Waals surface area contributed by atoms with Crippen molar-refractivity contribution >= 4 is 32.8 Å². The number of pyridine rings is 1. The number of ether oxygens (including phenoxy) is 1. The number of aryl methyl sites for hydroxylation is 1. The van der Waals surface area contributed by atoms with E-state index < -0.39 is 0 Å². The first-order valence-electron chi connectivity index (χ1n) is 6.66. The van der Waals surface area contributed by atoms with Crippen LogP contribution in [-0.2, 0) is 7.05 Å². The molecule has 0 amide bonds. The van der Waals surface area contributed by atoms with Crippen molar-refractivity contribution < 1.29 is 9.30 Å². The van der Waals surface area contributed by atoms with Crippen LogP contribution in [0.25, 0.3) is 32.8 Å². The lowest BCUT2D eigenvalue weighted by atomic mass is 10.1. The summed E-state index contributed by atoms with van der Waals surface area (Å²) in [5.74, 6) is 0.878. The van der Waals surface area contributed by atoms with Crippen LogP contribution < -0.4 is 9.30 Å². The number of hydrogen-bond acceptors (Lipinski definition) is 1. The normalized spacial score (nSPS) is 11.5. The van der Waals surface area contributed by atoms with Gasteiger partial charge in [0.05, 0.1) is 18.0 Å². The van der Waals surface area contributed by atoms with Gasteiger partial charge in [0.15, 0.2) is 0 Å². The van der Waals surface area contributed by atoms with E-state index in [1.807, 2.05) is 12.1 Å². The molecule has 0 saturated carbocycles. The Morgan fingerprint density at radius 1 is 1.05 bits per heavy atom. The van der Waals surface area contributed by atoms with Crippen LogP contribution in [0.15, 0.2) is 48.5 Å². The zero-order chi connectivity index (χ0) is 13.7. The first kappa shape index (κ1) is 11.3. The number of nitrogens with zero attached hydrogens (tertiary/aromatic N) is 1. The third kappa shape index (κ3) is 1.37. The minimum atomic E-state index is 0.878. The van der Waals surface area contributed by atoms with Gasteiger partial charge < -0.3 is 9.72 Å². The summed E-state index contributed by atoms with van der Waals surface area (Å²) in [5, 5.41) is 2.42. The van der Waals surface area contributed by atoms with Crippen LogP contribution in [-0.4, -0.2) is 12.1 Å². The highest BCUT2D eigenvalue weighted by molar-refractivity contribution is 6.07. The van der Waals surface area contributed by atoms with E-state index in [1.165, 1.54) is 21.8 Å². The number of H-pyrrole nitrogens is 1. The summed E-state index contributed by atoms with van der Waals surface area (Å²) < 4.78 is 7.69. The Bertz CT molecular complexity index is 953. The zero-order valence-electron chi connectivity index (χ0n) is 11.5. The van der Waals surface area contributed by atoms with Gasteiger partial charge in [-0.25, -0.2) is 0 Å². The molecule has 4 aromatic rings. The van der Waals surface area contributed by atoms with E-state index in [9.17, 15) is 0 Å². The molecule has 3 heteroatoms. The minimum Gasteiger partial charge on any atom is -0.495 e. The van der Waals surface area contributed by atoms with Crippen molar-refractivity contribution in [2.45, 2.75) is 0 Å². The summed E-state index contributed by atoms with van der Waals surface area (Å²) in [6.45, 7) is 0. The maximum absolute atomic E-state index is 5.45. The second-order valence-corrected chi connectivity index (χ2v) is 5.03. The van der Waals surface area contributed by atoms with Crippen molar-refractivity contribution in [1.29, 1.82) is 0 Å². The number of para-hydroxylation sites is 2. The van der Waals surface area contributed by atoms with Gasteiger partial charge >= 0.3 is 0 Å². The summed E-state index contributed by atoms with van der Waals surface area (Å²) in [5.41, 5.74) is 4.61. The van der Waals surface area contributed by atoms with E-state index in [2.05, 4.69) is 53.0 Å². The van der Waals surface area contributed by atoms with Gasteiger partial charge in [-0.2, -0.15) is 4.57 Å². The van der Waals surface area contributed by atoms with Crippen LogP contribution in [0.3, 0.4) is 0 Å². The maximum Gasteiger partial charge on any atom is 0.238 e. The molecule has 98 valence electrons. The van der Waals surface area contributed by atoms with Gasteiger partial charge in [-0.05, 0) is 24.3 Å². The van der Waals surface area contributed by atoms with E-state index in [-0.39, 0.29) is 0 Å². The number of hydrogen-bond donors (Lipinski definition) is 1. The molecule has 0 aliphatic rings. The summed E-state index contributed by atoms with van der Waals surface area (Å²) in [4.78, 5) is 3.48. The second kappa shape index (κ2) is 3.97. The number of methoxy groups -OCH3 is 1. The van der Waals surface area contributed by atoms with E-state index in [1.54, 1.807) is 7.11 Å². The van der Waals surface area contributed by atoms with E-state index >= 15 is 0 Å². The van der Waals surface area contributed by atoms with Gasteiger partial charge in [0.1, 0.15) is 18.3 Å². The summed E-state index contributed by atoms with van der Waals surface area (Å²) in [6, 6.07) is 16.8. The molecule has 0 fully saturated rings. The van der Waals surface area contributed by atoms with Crippen LogP contribution in [0.1, 0.15) is 0 Å². The fourth-order valence-corrected chi connectivity index (χ4v) is 3.02. The van der Waals surface area contributed by atoms with Crippen LogP contribution >= 0.6 is 0 Å². The fraction of sp³-hybridized carbons (Fsp3) is 0.118. The molecule has 0 bridgehead atoms. The third-order valence-corrected chi connectivity index (χ3v) is 3.95. The average molecular weight is 263 g/mol. The summed E-state index contributed by atoms with van der Waals surface area (Å²) in [6.07, 6.45) is 0. The highest BCUT2D eigenvalue weighted by atomic mass is 16.5. The Hall–Kier alpha value is -2.55. The largest absolute Gasteiger partial charge is 0.495 e. The molecular formula is C17H15N2O+. The Morgan fingerprint density at radius 2 is 1.90 bits per heavy atom. The lowest BCUT2D eigenvalue weighted by molar-refractivity contribution is -0.616. The monoisotopic (exact) mass is 263 g/mol. The molecule has 2 aromatic carbocycles. The molecule has 4 rings (SSSR count). The average Bonchev–Trinajstić information content (AvgIpc) is 2.85. The topological polar surface area (TPSA) is 28.9 Å². The van der Waals surface area contributed by atoms with Crippen molar-refractivity contribution in [1.82, 2.24) is 4.98 Å². The summed E-state index contributed by atoms with van der Waals surface area (Å²) in [7, 11) is 3.81. The molecule has 20 heavy (non-hydrogen) atoms. The van der Waals surface area contributed by atoms with E-state index in [0.717, 1.165) is 16.8 Å². The molecule has 0 radical (unpaired) electrons. The van der Waals surface area contributed by atoms with E-state index in [4.69, 9.17) is 4.74 Å². The van der Waals surface area contributed by atoms with Gasteiger partial charge in [0.2, 0.25) is 11.0 Å². The Balaban J connectivity index is 2.28. The molecule has 2 heterocycles. The molecule has 0 aliphatic carbocycles. The van der Waals surface area contributed by atoms with Crippen molar-refractivity contribution in [2.75, 3.05) is 7.11 Å². The van der Waals surface area contributed by atoms with Gasteiger partial charge in [-0.1, -0.05) is 18.2 Å². The molecule has 0 aliphatic heterocycles. The van der Waals surface area contributed by atoms with Crippen molar-refractivity contribution in [3.63, 3.8) is 0 Å². The first-order valence-corrected chi connectivity index (χ1v) is 6.66. The molecule has 1 N–H and O–H groups in total. The number of fused-ring (bicyclic) bond motifs is 4. The van der Waals surface area contributed by atoms with E-state index in [0.29, 0.717) is 0 Å². The molecular weight excluding hydrogens is 248 g/mol. The van der Waals surface area contributed by atoms with Crippen LogP contribution in [0.4, 0.5) is 0 Å². The first-order chi connectivity index (χ1) is 9.79. The lowest BCUT2D eigenvalue weighted by Gasteiger charge is -1.99. The van der Waals surface area contributed by atoms with Gasteiger partial charge in [-0.15, -0.1) is 0 Å². The standard InChI is InChI=1S/C17H14N2O/c1-19-14-8-4-3-6-11(14)10-13-17(19)12-7-5-9-15(20-2)16(12)18-13/h3-10H,1-2H3/p+1. The van der Waals surface area contributed by atoms with Crippen LogP contribution in [0.2, 0.25) is 0 Å². The predicted octanol–water partition coefficient (Wildman–Crippen LogP) is 3.31. The third-order valence-electron chi connectivity index (χ3n) is 3.95. The number of rotatable bonds is 1. The Labute approximate surface area is 116 Å². The Kier molecular flexibility index (Phi) is 2.24. The molecule has 0 unspecified atom stereocenters. The molecule has 3 nitrogen and oxygen atoms in total. The van der Waals surface area contributed by atoms with Crippen LogP contribution in [0.5, 0.6) is 5.75 Å². The second-order valence-electron chi connectivity index (χ2n) is 5.03. The zero-order valence-corrected chi connectivity index (χ0v) is 11.5. The van der Waals surface area contributed by atoms with Gasteiger partial charge in [-0.3, -0.25) is 0 Å². The minimum absolute atomic E-state index is 0.878. The lowest BCUT2D eigenvalue weighted by Crippen LogP contribution is -2.29. The molecule has 0 atom stereocenters. The van der Waals surface area contributed by atoms with Crippen molar-refractivity contribution in [3.05, 3.63) is 48.5 Å². The number of nitrogens with one attached hydrogen (secondary N) is 1.